The van der Waals surface area contributed by atoms with E-state index in [2.05, 4.69) is 34.6 Å². The summed E-state index contributed by atoms with van der Waals surface area (Å²) in [6.07, 6.45) is 5.26. The summed E-state index contributed by atoms with van der Waals surface area (Å²) in [6.45, 7) is 15.6. The van der Waals surface area contributed by atoms with Crippen molar-refractivity contribution in [3.8, 4) is 0 Å². The van der Waals surface area contributed by atoms with Crippen molar-refractivity contribution in [2.75, 3.05) is 7.05 Å². The van der Waals surface area contributed by atoms with Gasteiger partial charge in [-0.1, -0.05) is 78.3 Å². The van der Waals surface area contributed by atoms with Gasteiger partial charge in [0.05, 0.1) is 12.1 Å². The Balaban J connectivity index is 2.51. The van der Waals surface area contributed by atoms with E-state index < -0.39 is 6.10 Å². The van der Waals surface area contributed by atoms with Crippen LogP contribution in [0.1, 0.15) is 92.2 Å². The van der Waals surface area contributed by atoms with Gasteiger partial charge >= 0.3 is 0 Å². The number of likely N-dealkylation sites (N-methyl/N-ethyl adjacent to an activating group) is 1. The van der Waals surface area contributed by atoms with E-state index in [0.29, 0.717) is 11.8 Å². The average molecular weight is 418 g/mol. The normalized spacial score (nSPS) is 18.7. The molecule has 1 aromatic carbocycles. The first-order valence-electron chi connectivity index (χ1n) is 12.1. The highest BCUT2D eigenvalue weighted by molar-refractivity contribution is 5.78. The minimum atomic E-state index is -0.670. The van der Waals surface area contributed by atoms with Crippen LogP contribution in [-0.2, 0) is 4.79 Å². The minimum Gasteiger partial charge on any atom is -0.386 e. The zero-order chi connectivity index (χ0) is 22.8. The molecule has 3 heteroatoms. The Morgan fingerprint density at radius 2 is 1.30 bits per heavy atom. The van der Waals surface area contributed by atoms with Crippen LogP contribution >= 0.6 is 0 Å². The highest BCUT2D eigenvalue weighted by Gasteiger charge is 2.28. The van der Waals surface area contributed by atoms with Gasteiger partial charge in [0, 0.05) is 13.0 Å². The molecule has 0 aromatic heterocycles. The SMILES string of the molecule is CC[C@@H](C)C[C@@H](C)C[C@@H](C)C[C@@H](C)C[C@H](C)C(=O)N(C)[C@H](C)[C@H](O)c1ccccc1. The van der Waals surface area contributed by atoms with Gasteiger partial charge in [0.15, 0.2) is 0 Å². The smallest absolute Gasteiger partial charge is 0.225 e. The summed E-state index contributed by atoms with van der Waals surface area (Å²) in [7, 11) is 1.82. The highest BCUT2D eigenvalue weighted by atomic mass is 16.3. The van der Waals surface area contributed by atoms with Crippen molar-refractivity contribution in [1.29, 1.82) is 0 Å². The summed E-state index contributed by atoms with van der Waals surface area (Å²) in [4.78, 5) is 14.7. The van der Waals surface area contributed by atoms with E-state index in [1.54, 1.807) is 4.90 Å². The average Bonchev–Trinajstić information content (AvgIpc) is 2.71. The molecular weight excluding hydrogens is 370 g/mol. The Morgan fingerprint density at radius 3 is 1.80 bits per heavy atom. The predicted molar refractivity (Wildman–Crippen MR) is 128 cm³/mol. The third-order valence-corrected chi connectivity index (χ3v) is 6.85. The van der Waals surface area contributed by atoms with E-state index in [1.165, 1.54) is 25.7 Å². The number of amides is 1. The maximum absolute atomic E-state index is 13.0. The second-order valence-corrected chi connectivity index (χ2v) is 10.2. The van der Waals surface area contributed by atoms with Gasteiger partial charge in [0.2, 0.25) is 5.91 Å². The number of rotatable bonds is 13. The highest BCUT2D eigenvalue weighted by Crippen LogP contribution is 2.28. The molecule has 0 spiro atoms. The molecule has 0 aliphatic heterocycles. The standard InChI is InChI=1S/C27H47NO2/c1-9-19(2)15-20(3)16-21(4)17-22(5)18-23(6)27(30)28(8)24(7)26(29)25-13-11-10-12-14-25/h10-14,19-24,26,29H,9,15-18H2,1-8H3/t19-,20-,21-,22-,23+,24-,26+/m1/s1. The van der Waals surface area contributed by atoms with Gasteiger partial charge < -0.3 is 10.0 Å². The molecule has 1 aromatic rings. The Labute approximate surface area is 186 Å². The molecule has 1 amide bonds. The molecular formula is C27H47NO2. The molecule has 0 saturated carbocycles. The molecule has 7 atom stereocenters. The molecule has 3 nitrogen and oxygen atoms in total. The van der Waals surface area contributed by atoms with Crippen LogP contribution in [0.2, 0.25) is 0 Å². The third kappa shape index (κ3) is 8.79. The lowest BCUT2D eigenvalue weighted by Crippen LogP contribution is -2.42. The van der Waals surface area contributed by atoms with E-state index >= 15 is 0 Å². The molecule has 0 unspecified atom stereocenters. The number of carbonyl (C=O) groups excluding carboxylic acids is 1. The number of hydrogen-bond donors (Lipinski definition) is 1. The van der Waals surface area contributed by atoms with Crippen LogP contribution in [0.5, 0.6) is 0 Å². The maximum atomic E-state index is 13.0. The van der Waals surface area contributed by atoms with Crippen molar-refractivity contribution in [2.24, 2.45) is 29.6 Å². The quantitative estimate of drug-likeness (QED) is 0.387. The number of hydrogen-bond acceptors (Lipinski definition) is 2. The summed E-state index contributed by atoms with van der Waals surface area (Å²) >= 11 is 0. The zero-order valence-corrected chi connectivity index (χ0v) is 20.8. The second-order valence-electron chi connectivity index (χ2n) is 10.2. The number of aliphatic hydroxyl groups excluding tert-OH is 1. The summed E-state index contributed by atoms with van der Waals surface area (Å²) in [5, 5.41) is 10.7. The molecule has 1 N–H and O–H groups in total. The molecule has 30 heavy (non-hydrogen) atoms. The maximum Gasteiger partial charge on any atom is 0.225 e. The van der Waals surface area contributed by atoms with E-state index in [0.717, 1.165) is 23.8 Å². The molecule has 0 heterocycles. The van der Waals surface area contributed by atoms with Gasteiger partial charge in [-0.05, 0) is 61.8 Å². The Bertz CT molecular complexity index is 602. The van der Waals surface area contributed by atoms with Crippen molar-refractivity contribution >= 4 is 5.91 Å². The Hall–Kier alpha value is -1.35. The van der Waals surface area contributed by atoms with Gasteiger partial charge in [0.1, 0.15) is 0 Å². The number of carbonyl (C=O) groups is 1. The first kappa shape index (κ1) is 26.7. The van der Waals surface area contributed by atoms with Crippen molar-refractivity contribution in [1.82, 2.24) is 4.90 Å². The van der Waals surface area contributed by atoms with Gasteiger partial charge in [-0.25, -0.2) is 0 Å². The molecule has 0 radical (unpaired) electrons. The molecule has 1 rings (SSSR count). The fraction of sp³-hybridized carbons (Fsp3) is 0.741. The lowest BCUT2D eigenvalue weighted by atomic mass is 9.83. The van der Waals surface area contributed by atoms with Gasteiger partial charge in [-0.15, -0.1) is 0 Å². The van der Waals surface area contributed by atoms with Gasteiger partial charge in [0.25, 0.3) is 0 Å². The lowest BCUT2D eigenvalue weighted by Gasteiger charge is -2.32. The van der Waals surface area contributed by atoms with Crippen LogP contribution in [-0.4, -0.2) is 29.0 Å². The number of aliphatic hydroxyl groups is 1. The van der Waals surface area contributed by atoms with E-state index in [-0.39, 0.29) is 17.9 Å². The van der Waals surface area contributed by atoms with Crippen molar-refractivity contribution in [2.45, 2.75) is 92.7 Å². The van der Waals surface area contributed by atoms with E-state index in [9.17, 15) is 9.90 Å². The van der Waals surface area contributed by atoms with E-state index in [1.807, 2.05) is 51.2 Å². The summed E-state index contributed by atoms with van der Waals surface area (Å²) in [6, 6.07) is 9.34. The fourth-order valence-corrected chi connectivity index (χ4v) is 4.91. The van der Waals surface area contributed by atoms with E-state index in [4.69, 9.17) is 0 Å². The van der Waals surface area contributed by atoms with Crippen LogP contribution < -0.4 is 0 Å². The first-order valence-corrected chi connectivity index (χ1v) is 12.1. The number of nitrogens with zero attached hydrogens (tertiary/aromatic N) is 1. The van der Waals surface area contributed by atoms with Crippen molar-refractivity contribution in [3.63, 3.8) is 0 Å². The predicted octanol–water partition coefficient (Wildman–Crippen LogP) is 6.72. The molecule has 0 fully saturated rings. The molecule has 172 valence electrons. The van der Waals surface area contributed by atoms with Crippen molar-refractivity contribution < 1.29 is 9.90 Å². The molecule has 0 aliphatic carbocycles. The van der Waals surface area contributed by atoms with Crippen molar-refractivity contribution in [3.05, 3.63) is 35.9 Å². The molecule has 0 bridgehead atoms. The van der Waals surface area contributed by atoms with Crippen LogP contribution in [0.3, 0.4) is 0 Å². The zero-order valence-electron chi connectivity index (χ0n) is 20.8. The fourth-order valence-electron chi connectivity index (χ4n) is 4.91. The summed E-state index contributed by atoms with van der Waals surface area (Å²) in [5.74, 6) is 2.90. The summed E-state index contributed by atoms with van der Waals surface area (Å²) in [5.41, 5.74) is 0.853. The second kappa shape index (κ2) is 13.1. The first-order chi connectivity index (χ1) is 14.1. The van der Waals surface area contributed by atoms with Gasteiger partial charge in [-0.3, -0.25) is 4.79 Å². The van der Waals surface area contributed by atoms with Crippen LogP contribution in [0.15, 0.2) is 30.3 Å². The van der Waals surface area contributed by atoms with Crippen LogP contribution in [0.25, 0.3) is 0 Å². The van der Waals surface area contributed by atoms with Crippen LogP contribution in [0, 0.1) is 29.6 Å². The topological polar surface area (TPSA) is 40.5 Å². The molecule has 0 aliphatic rings. The van der Waals surface area contributed by atoms with Crippen LogP contribution in [0.4, 0.5) is 0 Å². The third-order valence-electron chi connectivity index (χ3n) is 6.85. The lowest BCUT2D eigenvalue weighted by molar-refractivity contribution is -0.138. The monoisotopic (exact) mass is 417 g/mol. The minimum absolute atomic E-state index is 0.0276. The van der Waals surface area contributed by atoms with Gasteiger partial charge in [-0.2, -0.15) is 0 Å². The number of benzene rings is 1. The molecule has 0 saturated heterocycles. The Morgan fingerprint density at radius 1 is 0.833 bits per heavy atom. The summed E-state index contributed by atoms with van der Waals surface area (Å²) < 4.78 is 0. The largest absolute Gasteiger partial charge is 0.386 e. The Kier molecular flexibility index (Phi) is 11.7.